The molecule has 0 spiro atoms. The van der Waals surface area contributed by atoms with Gasteiger partial charge in [0.1, 0.15) is 11.4 Å². The first-order valence-corrected chi connectivity index (χ1v) is 6.92. The summed E-state index contributed by atoms with van der Waals surface area (Å²) < 4.78 is 6.55. The molecule has 1 aromatic carbocycles. The summed E-state index contributed by atoms with van der Waals surface area (Å²) in [5.74, 6) is -0.187. The smallest absolute Gasteiger partial charge is 0.353 e. The van der Waals surface area contributed by atoms with Gasteiger partial charge in [-0.2, -0.15) is 0 Å². The molecule has 7 nitrogen and oxygen atoms in total. The van der Waals surface area contributed by atoms with Gasteiger partial charge in [0.25, 0.3) is 0 Å². The highest BCUT2D eigenvalue weighted by atomic mass is 16.5. The zero-order valence-corrected chi connectivity index (χ0v) is 12.9. The molecule has 3 aromatic rings. The normalized spacial score (nSPS) is 10.9. The molecule has 0 unspecified atom stereocenters. The second-order valence-electron chi connectivity index (χ2n) is 5.23. The number of benzene rings is 1. The van der Waals surface area contributed by atoms with E-state index in [1.54, 1.807) is 32.2 Å². The van der Waals surface area contributed by atoms with Crippen LogP contribution in [0.15, 0.2) is 29.2 Å². The van der Waals surface area contributed by atoms with E-state index < -0.39 is 5.97 Å². The lowest BCUT2D eigenvalue weighted by Gasteiger charge is -2.11. The van der Waals surface area contributed by atoms with Crippen LogP contribution >= 0.6 is 0 Å². The number of rotatable bonds is 3. The summed E-state index contributed by atoms with van der Waals surface area (Å²) in [4.78, 5) is 31.0. The highest BCUT2D eigenvalue weighted by Crippen LogP contribution is 2.21. The van der Waals surface area contributed by atoms with Crippen LogP contribution in [0.3, 0.4) is 0 Å². The standard InChI is InChI=1S/C16H15N3O4/c1-8-7-19(13(15(21)22)9(2)14(8)20)16-17-11-5-4-10(23-3)6-12(11)18-16/h4-7H,1-3H3,(H,17,18)(H,21,22). The highest BCUT2D eigenvalue weighted by Gasteiger charge is 2.19. The van der Waals surface area contributed by atoms with Gasteiger partial charge in [-0.05, 0) is 26.0 Å². The van der Waals surface area contributed by atoms with E-state index in [1.165, 1.54) is 17.7 Å². The molecule has 23 heavy (non-hydrogen) atoms. The number of H-pyrrole nitrogens is 1. The van der Waals surface area contributed by atoms with Crippen molar-refractivity contribution >= 4 is 17.0 Å². The Labute approximate surface area is 131 Å². The number of aromatic amines is 1. The number of hydrogen-bond acceptors (Lipinski definition) is 4. The van der Waals surface area contributed by atoms with Gasteiger partial charge in [-0.1, -0.05) is 0 Å². The number of carboxylic acids is 1. The Hall–Kier alpha value is -3.09. The second-order valence-corrected chi connectivity index (χ2v) is 5.23. The predicted molar refractivity (Wildman–Crippen MR) is 84.7 cm³/mol. The van der Waals surface area contributed by atoms with Crippen LogP contribution in [-0.2, 0) is 0 Å². The Morgan fingerprint density at radius 2 is 2.09 bits per heavy atom. The van der Waals surface area contributed by atoms with Crippen molar-refractivity contribution in [3.63, 3.8) is 0 Å². The Kier molecular flexibility index (Phi) is 3.40. The molecule has 2 heterocycles. The summed E-state index contributed by atoms with van der Waals surface area (Å²) in [5.41, 5.74) is 1.62. The third-order valence-corrected chi connectivity index (χ3v) is 3.72. The molecular weight excluding hydrogens is 298 g/mol. The predicted octanol–water partition coefficient (Wildman–Crippen LogP) is 2.04. The number of pyridine rings is 1. The number of hydrogen-bond donors (Lipinski definition) is 2. The van der Waals surface area contributed by atoms with E-state index >= 15 is 0 Å². The maximum atomic E-state index is 12.0. The lowest BCUT2D eigenvalue weighted by Crippen LogP contribution is -2.22. The minimum Gasteiger partial charge on any atom is -0.497 e. The van der Waals surface area contributed by atoms with Crippen molar-refractivity contribution in [3.8, 4) is 11.7 Å². The molecule has 0 aliphatic rings. The van der Waals surface area contributed by atoms with Gasteiger partial charge in [-0.3, -0.25) is 9.36 Å². The van der Waals surface area contributed by atoms with Crippen LogP contribution in [0, 0.1) is 13.8 Å². The number of aromatic carboxylic acids is 1. The summed E-state index contributed by atoms with van der Waals surface area (Å²) >= 11 is 0. The van der Waals surface area contributed by atoms with Crippen molar-refractivity contribution in [2.24, 2.45) is 0 Å². The molecule has 0 bridgehead atoms. The number of aryl methyl sites for hydroxylation is 1. The molecule has 2 N–H and O–H groups in total. The van der Waals surface area contributed by atoms with E-state index in [0.717, 1.165) is 0 Å². The quantitative estimate of drug-likeness (QED) is 0.771. The summed E-state index contributed by atoms with van der Waals surface area (Å²) in [6, 6.07) is 5.32. The lowest BCUT2D eigenvalue weighted by molar-refractivity contribution is 0.0686. The number of carboxylic acid groups (broad SMARTS) is 1. The minimum atomic E-state index is -1.18. The third kappa shape index (κ3) is 2.36. The fourth-order valence-corrected chi connectivity index (χ4v) is 2.55. The van der Waals surface area contributed by atoms with Crippen LogP contribution in [0.5, 0.6) is 5.75 Å². The van der Waals surface area contributed by atoms with Gasteiger partial charge in [0.15, 0.2) is 5.43 Å². The van der Waals surface area contributed by atoms with Gasteiger partial charge in [-0.15, -0.1) is 0 Å². The Morgan fingerprint density at radius 3 is 2.74 bits per heavy atom. The van der Waals surface area contributed by atoms with Crippen LogP contribution in [-0.4, -0.2) is 32.7 Å². The van der Waals surface area contributed by atoms with Crippen LogP contribution in [0.2, 0.25) is 0 Å². The van der Waals surface area contributed by atoms with Crippen molar-refractivity contribution in [2.45, 2.75) is 13.8 Å². The minimum absolute atomic E-state index is 0.105. The number of nitrogens with zero attached hydrogens (tertiary/aromatic N) is 2. The molecule has 3 rings (SSSR count). The SMILES string of the molecule is COc1ccc2nc(-n3cc(C)c(=O)c(C)c3C(=O)O)[nH]c2c1. The summed E-state index contributed by atoms with van der Waals surface area (Å²) in [7, 11) is 1.56. The number of carbonyl (C=O) groups is 1. The van der Waals surface area contributed by atoms with Crippen LogP contribution in [0.4, 0.5) is 0 Å². The van der Waals surface area contributed by atoms with Crippen molar-refractivity contribution < 1.29 is 14.6 Å². The Balaban J connectivity index is 2.30. The molecule has 118 valence electrons. The van der Waals surface area contributed by atoms with Crippen molar-refractivity contribution in [3.05, 3.63) is 51.4 Å². The molecule has 0 aliphatic carbocycles. The van der Waals surface area contributed by atoms with E-state index in [-0.39, 0.29) is 16.7 Å². The molecule has 0 fully saturated rings. The van der Waals surface area contributed by atoms with E-state index in [9.17, 15) is 14.7 Å². The monoisotopic (exact) mass is 313 g/mol. The van der Waals surface area contributed by atoms with Crippen LogP contribution < -0.4 is 10.2 Å². The number of fused-ring (bicyclic) bond motifs is 1. The topological polar surface area (TPSA) is 97.2 Å². The number of aromatic nitrogens is 3. The largest absolute Gasteiger partial charge is 0.497 e. The highest BCUT2D eigenvalue weighted by molar-refractivity contribution is 5.88. The van der Waals surface area contributed by atoms with E-state index in [0.29, 0.717) is 28.3 Å². The number of imidazole rings is 1. The van der Waals surface area contributed by atoms with E-state index in [4.69, 9.17) is 4.74 Å². The lowest BCUT2D eigenvalue weighted by atomic mass is 10.1. The Morgan fingerprint density at radius 1 is 1.35 bits per heavy atom. The third-order valence-electron chi connectivity index (χ3n) is 3.72. The average molecular weight is 313 g/mol. The van der Waals surface area contributed by atoms with E-state index in [2.05, 4.69) is 9.97 Å². The molecular formula is C16H15N3O4. The van der Waals surface area contributed by atoms with Gasteiger partial charge in [0, 0.05) is 23.4 Å². The first-order valence-electron chi connectivity index (χ1n) is 6.92. The molecule has 0 radical (unpaired) electrons. The van der Waals surface area contributed by atoms with Crippen molar-refractivity contribution in [1.82, 2.24) is 14.5 Å². The van der Waals surface area contributed by atoms with Crippen LogP contribution in [0.25, 0.3) is 17.0 Å². The number of methoxy groups -OCH3 is 1. The first-order chi connectivity index (χ1) is 10.9. The molecule has 2 aromatic heterocycles. The fourth-order valence-electron chi connectivity index (χ4n) is 2.55. The number of nitrogens with one attached hydrogen (secondary N) is 1. The molecule has 0 saturated carbocycles. The van der Waals surface area contributed by atoms with Crippen LogP contribution in [0.1, 0.15) is 21.6 Å². The molecule has 0 atom stereocenters. The zero-order chi connectivity index (χ0) is 16.7. The molecule has 0 saturated heterocycles. The molecule has 0 amide bonds. The maximum absolute atomic E-state index is 12.0. The van der Waals surface area contributed by atoms with E-state index in [1.807, 2.05) is 0 Å². The van der Waals surface area contributed by atoms with Gasteiger partial charge in [0.05, 0.1) is 18.1 Å². The average Bonchev–Trinajstić information content (AvgIpc) is 2.94. The maximum Gasteiger partial charge on any atom is 0.353 e. The fraction of sp³-hybridized carbons (Fsp3) is 0.188. The van der Waals surface area contributed by atoms with Gasteiger partial charge < -0.3 is 14.8 Å². The number of ether oxygens (including phenoxy) is 1. The van der Waals surface area contributed by atoms with Gasteiger partial charge in [-0.25, -0.2) is 9.78 Å². The zero-order valence-electron chi connectivity index (χ0n) is 12.9. The van der Waals surface area contributed by atoms with Gasteiger partial charge in [0.2, 0.25) is 5.95 Å². The second kappa shape index (κ2) is 5.28. The summed E-state index contributed by atoms with van der Waals surface area (Å²) in [6.07, 6.45) is 1.48. The Bertz CT molecular complexity index is 985. The first kappa shape index (κ1) is 14.8. The molecule has 7 heteroatoms. The summed E-state index contributed by atoms with van der Waals surface area (Å²) in [6.45, 7) is 3.14. The van der Waals surface area contributed by atoms with Crippen molar-refractivity contribution in [1.29, 1.82) is 0 Å². The summed E-state index contributed by atoms with van der Waals surface area (Å²) in [5, 5.41) is 9.46. The van der Waals surface area contributed by atoms with Crippen molar-refractivity contribution in [2.75, 3.05) is 7.11 Å². The molecule has 0 aliphatic heterocycles. The van der Waals surface area contributed by atoms with Gasteiger partial charge >= 0.3 is 5.97 Å².